The van der Waals surface area contributed by atoms with Gasteiger partial charge in [-0.25, -0.2) is 8.42 Å². The van der Waals surface area contributed by atoms with Gasteiger partial charge in [-0.1, -0.05) is 0 Å². The fourth-order valence-corrected chi connectivity index (χ4v) is 4.93. The van der Waals surface area contributed by atoms with Crippen LogP contribution in [0.15, 0.2) is 0 Å². The third-order valence-corrected chi connectivity index (χ3v) is 6.39. The highest BCUT2D eigenvalue weighted by Gasteiger charge is 2.31. The number of hydrogen-bond acceptors (Lipinski definition) is 4. The highest BCUT2D eigenvalue weighted by molar-refractivity contribution is 7.91. The van der Waals surface area contributed by atoms with Crippen molar-refractivity contribution in [3.63, 3.8) is 0 Å². The van der Waals surface area contributed by atoms with Crippen LogP contribution < -0.4 is 5.32 Å². The van der Waals surface area contributed by atoms with E-state index in [1.807, 2.05) is 11.6 Å². The zero-order valence-corrected chi connectivity index (χ0v) is 13.7. The van der Waals surface area contributed by atoms with E-state index in [1.54, 1.807) is 0 Å². The molecule has 0 bridgehead atoms. The second kappa shape index (κ2) is 5.72. The van der Waals surface area contributed by atoms with Crippen molar-refractivity contribution in [2.75, 3.05) is 18.1 Å². The normalized spacial score (nSPS) is 24.6. The van der Waals surface area contributed by atoms with Crippen LogP contribution in [0.2, 0.25) is 0 Å². The number of sulfone groups is 1. The summed E-state index contributed by atoms with van der Waals surface area (Å²) in [6.45, 7) is 5.18. The molecule has 1 saturated carbocycles. The van der Waals surface area contributed by atoms with Crippen LogP contribution in [0.4, 0.5) is 0 Å². The van der Waals surface area contributed by atoms with Gasteiger partial charge in [0.2, 0.25) is 0 Å². The van der Waals surface area contributed by atoms with Gasteiger partial charge in [0, 0.05) is 11.7 Å². The molecule has 5 nitrogen and oxygen atoms in total. The molecule has 1 N–H and O–H groups in total. The summed E-state index contributed by atoms with van der Waals surface area (Å²) in [6.07, 6.45) is 5.49. The van der Waals surface area contributed by atoms with Crippen molar-refractivity contribution >= 4 is 9.84 Å². The van der Waals surface area contributed by atoms with E-state index in [1.165, 1.54) is 18.4 Å². The summed E-state index contributed by atoms with van der Waals surface area (Å²) in [5.41, 5.74) is 3.51. The van der Waals surface area contributed by atoms with Crippen LogP contribution in [0.25, 0.3) is 0 Å². The number of aromatic nitrogens is 2. The number of nitrogens with one attached hydrogen (secondary N) is 1. The molecule has 1 unspecified atom stereocenters. The van der Waals surface area contributed by atoms with Gasteiger partial charge in [0.25, 0.3) is 0 Å². The smallest absolute Gasteiger partial charge is 0.152 e. The van der Waals surface area contributed by atoms with Crippen molar-refractivity contribution in [1.82, 2.24) is 15.1 Å². The molecule has 0 aromatic carbocycles. The predicted octanol–water partition coefficient (Wildman–Crippen LogP) is 1.54. The molecule has 2 fully saturated rings. The third kappa shape index (κ3) is 3.48. The fraction of sp³-hybridized carbons (Fsp3) is 0.800. The first kappa shape index (κ1) is 15.0. The second-order valence-electron chi connectivity index (χ2n) is 6.48. The van der Waals surface area contributed by atoms with E-state index in [0.29, 0.717) is 12.2 Å². The lowest BCUT2D eigenvalue weighted by Gasteiger charge is -2.11. The molecule has 0 spiro atoms. The molecule has 1 saturated heterocycles. The van der Waals surface area contributed by atoms with Crippen LogP contribution in [-0.4, -0.2) is 42.3 Å². The number of nitrogens with zero attached hydrogens (tertiary/aromatic N) is 2. The summed E-state index contributed by atoms with van der Waals surface area (Å²) < 4.78 is 25.3. The highest BCUT2D eigenvalue weighted by atomic mass is 32.2. The number of rotatable bonds is 6. The van der Waals surface area contributed by atoms with Gasteiger partial charge < -0.3 is 5.32 Å². The van der Waals surface area contributed by atoms with Crippen LogP contribution in [0, 0.1) is 13.8 Å². The molecule has 1 aromatic heterocycles. The molecule has 0 radical (unpaired) electrons. The molecule has 118 valence electrons. The first-order chi connectivity index (χ1) is 9.96. The van der Waals surface area contributed by atoms with Crippen molar-refractivity contribution in [2.45, 2.75) is 58.0 Å². The van der Waals surface area contributed by atoms with Gasteiger partial charge >= 0.3 is 0 Å². The van der Waals surface area contributed by atoms with Gasteiger partial charge in [-0.15, -0.1) is 0 Å². The van der Waals surface area contributed by atoms with Crippen molar-refractivity contribution < 1.29 is 8.42 Å². The Bertz CT molecular complexity index is 617. The number of aryl methyl sites for hydroxylation is 1. The van der Waals surface area contributed by atoms with Crippen molar-refractivity contribution in [3.8, 4) is 0 Å². The SMILES string of the molecule is Cc1nn(C2CCS(=O)(=O)C2)c(C)c1CCCNC1CC1. The van der Waals surface area contributed by atoms with Gasteiger partial charge in [0.1, 0.15) is 0 Å². The summed E-state index contributed by atoms with van der Waals surface area (Å²) >= 11 is 0. The summed E-state index contributed by atoms with van der Waals surface area (Å²) in [6, 6.07) is 0.797. The van der Waals surface area contributed by atoms with E-state index < -0.39 is 9.84 Å². The topological polar surface area (TPSA) is 64.0 Å². The van der Waals surface area contributed by atoms with Gasteiger partial charge in [0.05, 0.1) is 23.2 Å². The van der Waals surface area contributed by atoms with Crippen LogP contribution in [0.3, 0.4) is 0 Å². The molecule has 1 atom stereocenters. The minimum Gasteiger partial charge on any atom is -0.314 e. The highest BCUT2D eigenvalue weighted by Crippen LogP contribution is 2.27. The molecule has 3 rings (SSSR count). The van der Waals surface area contributed by atoms with Crippen molar-refractivity contribution in [3.05, 3.63) is 17.0 Å². The van der Waals surface area contributed by atoms with Crippen molar-refractivity contribution in [2.24, 2.45) is 0 Å². The standard InChI is InChI=1S/C15H25N3O2S/c1-11-15(4-3-8-16-13-5-6-13)12(2)18(17-11)14-7-9-21(19,20)10-14/h13-14,16H,3-10H2,1-2H3. The van der Waals surface area contributed by atoms with Crippen molar-refractivity contribution in [1.29, 1.82) is 0 Å². The average Bonchev–Trinajstić information content (AvgIpc) is 3.11. The van der Waals surface area contributed by atoms with Gasteiger partial charge in [-0.05, 0) is 58.1 Å². The Hall–Kier alpha value is -0.880. The Balaban J connectivity index is 1.64. The number of hydrogen-bond donors (Lipinski definition) is 1. The summed E-state index contributed by atoms with van der Waals surface area (Å²) in [4.78, 5) is 0. The average molecular weight is 311 g/mol. The first-order valence-electron chi connectivity index (χ1n) is 7.94. The van der Waals surface area contributed by atoms with E-state index in [0.717, 1.165) is 36.8 Å². The summed E-state index contributed by atoms with van der Waals surface area (Å²) in [7, 11) is -2.86. The molecule has 2 heterocycles. The molecule has 2 aliphatic rings. The lowest BCUT2D eigenvalue weighted by molar-refractivity contribution is 0.485. The zero-order valence-electron chi connectivity index (χ0n) is 12.9. The summed E-state index contributed by atoms with van der Waals surface area (Å²) in [5.74, 6) is 0.550. The lowest BCUT2D eigenvalue weighted by Crippen LogP contribution is -2.18. The molecular weight excluding hydrogens is 286 g/mol. The zero-order chi connectivity index (χ0) is 15.0. The molecule has 6 heteroatoms. The molecule has 1 aliphatic heterocycles. The Labute approximate surface area is 127 Å². The minimum absolute atomic E-state index is 0.0343. The second-order valence-corrected chi connectivity index (χ2v) is 8.71. The van der Waals surface area contributed by atoms with E-state index >= 15 is 0 Å². The lowest BCUT2D eigenvalue weighted by atomic mass is 10.1. The van der Waals surface area contributed by atoms with E-state index in [-0.39, 0.29) is 11.8 Å². The van der Waals surface area contributed by atoms with Crippen LogP contribution in [0.5, 0.6) is 0 Å². The molecular formula is C15H25N3O2S. The molecule has 0 amide bonds. The van der Waals surface area contributed by atoms with Gasteiger partial charge in [0.15, 0.2) is 9.84 Å². The quantitative estimate of drug-likeness (QED) is 0.810. The fourth-order valence-electron chi connectivity index (χ4n) is 3.24. The van der Waals surface area contributed by atoms with Crippen LogP contribution in [0.1, 0.15) is 48.7 Å². The Morgan fingerprint density at radius 3 is 2.67 bits per heavy atom. The Morgan fingerprint density at radius 2 is 2.05 bits per heavy atom. The Morgan fingerprint density at radius 1 is 1.29 bits per heavy atom. The monoisotopic (exact) mass is 311 g/mol. The maximum absolute atomic E-state index is 11.6. The van der Waals surface area contributed by atoms with Crippen LogP contribution >= 0.6 is 0 Å². The maximum Gasteiger partial charge on any atom is 0.152 e. The molecule has 1 aromatic rings. The molecule has 1 aliphatic carbocycles. The maximum atomic E-state index is 11.6. The third-order valence-electron chi connectivity index (χ3n) is 4.64. The summed E-state index contributed by atoms with van der Waals surface area (Å²) in [5, 5.41) is 8.15. The van der Waals surface area contributed by atoms with E-state index in [4.69, 9.17) is 0 Å². The van der Waals surface area contributed by atoms with E-state index in [2.05, 4.69) is 17.3 Å². The van der Waals surface area contributed by atoms with Crippen LogP contribution in [-0.2, 0) is 16.3 Å². The van der Waals surface area contributed by atoms with Gasteiger partial charge in [-0.2, -0.15) is 5.10 Å². The van der Waals surface area contributed by atoms with Gasteiger partial charge in [-0.3, -0.25) is 4.68 Å². The van der Waals surface area contributed by atoms with E-state index in [9.17, 15) is 8.42 Å². The molecule has 21 heavy (non-hydrogen) atoms. The Kier molecular flexibility index (Phi) is 4.10. The minimum atomic E-state index is -2.86. The predicted molar refractivity (Wildman–Crippen MR) is 83.4 cm³/mol. The first-order valence-corrected chi connectivity index (χ1v) is 9.77. The largest absolute Gasteiger partial charge is 0.314 e.